The van der Waals surface area contributed by atoms with Crippen LogP contribution in [0.25, 0.3) is 0 Å². The Labute approximate surface area is 76.1 Å². The summed E-state index contributed by atoms with van der Waals surface area (Å²) in [6.07, 6.45) is 0. The Kier molecular flexibility index (Phi) is 2.19. The van der Waals surface area contributed by atoms with E-state index < -0.39 is 10.1 Å². The third kappa shape index (κ3) is 1.90. The predicted molar refractivity (Wildman–Crippen MR) is 49.8 cm³/mol. The lowest BCUT2D eigenvalue weighted by molar-refractivity contribution is 0.483. The molecule has 6 heteroatoms. The third-order valence-corrected chi connectivity index (χ3v) is 2.66. The summed E-state index contributed by atoms with van der Waals surface area (Å²) in [5.41, 5.74) is 11.5. The van der Waals surface area contributed by atoms with Crippen molar-refractivity contribution >= 4 is 21.5 Å². The number of nitrogens with two attached hydrogens (primary N) is 2. The van der Waals surface area contributed by atoms with Crippen molar-refractivity contribution in [3.05, 3.63) is 17.7 Å². The molecule has 0 aliphatic rings. The van der Waals surface area contributed by atoms with E-state index in [1.54, 1.807) is 0 Å². The monoisotopic (exact) mass is 202 g/mol. The molecule has 1 aromatic rings. The zero-order valence-electron chi connectivity index (χ0n) is 6.98. The molecule has 1 rings (SSSR count). The van der Waals surface area contributed by atoms with Gasteiger partial charge in [0.25, 0.3) is 10.1 Å². The highest BCUT2D eigenvalue weighted by molar-refractivity contribution is 7.86. The van der Waals surface area contributed by atoms with Crippen molar-refractivity contribution in [1.29, 1.82) is 0 Å². The van der Waals surface area contributed by atoms with E-state index in [-0.39, 0.29) is 10.6 Å². The molecule has 0 unspecified atom stereocenters. The normalized spacial score (nSPS) is 11.5. The quantitative estimate of drug-likeness (QED) is 0.451. The molecule has 1 aromatic carbocycles. The summed E-state index contributed by atoms with van der Waals surface area (Å²) in [6, 6.07) is 2.72. The Morgan fingerprint density at radius 2 is 1.85 bits per heavy atom. The molecule has 0 saturated carbocycles. The lowest BCUT2D eigenvalue weighted by Crippen LogP contribution is -2.06. The second-order valence-corrected chi connectivity index (χ2v) is 4.09. The number of benzene rings is 1. The lowest BCUT2D eigenvalue weighted by Gasteiger charge is -2.06. The number of hydrogen-bond acceptors (Lipinski definition) is 4. The van der Waals surface area contributed by atoms with Gasteiger partial charge in [0.15, 0.2) is 0 Å². The fourth-order valence-corrected chi connectivity index (χ4v) is 2.00. The fraction of sp³-hybridized carbons (Fsp3) is 0.143. The molecule has 0 radical (unpaired) electrons. The second-order valence-electron chi connectivity index (χ2n) is 2.73. The number of nitrogen functional groups attached to an aromatic ring is 2. The van der Waals surface area contributed by atoms with Crippen LogP contribution >= 0.6 is 0 Å². The first kappa shape index (κ1) is 9.82. The van der Waals surface area contributed by atoms with E-state index in [4.69, 9.17) is 16.0 Å². The summed E-state index contributed by atoms with van der Waals surface area (Å²) in [5.74, 6) is 0. The molecule has 0 spiro atoms. The van der Waals surface area contributed by atoms with Crippen molar-refractivity contribution in [2.45, 2.75) is 11.8 Å². The van der Waals surface area contributed by atoms with Crippen molar-refractivity contribution < 1.29 is 13.0 Å². The molecular weight excluding hydrogens is 192 g/mol. The molecular formula is C7H10N2O3S. The number of rotatable bonds is 1. The van der Waals surface area contributed by atoms with Crippen LogP contribution in [-0.4, -0.2) is 13.0 Å². The molecule has 0 aromatic heterocycles. The van der Waals surface area contributed by atoms with Crippen LogP contribution in [0.2, 0.25) is 0 Å². The molecule has 0 aliphatic carbocycles. The van der Waals surface area contributed by atoms with Crippen LogP contribution in [-0.2, 0) is 10.1 Å². The van der Waals surface area contributed by atoms with E-state index in [1.165, 1.54) is 19.1 Å². The summed E-state index contributed by atoms with van der Waals surface area (Å²) < 4.78 is 30.4. The van der Waals surface area contributed by atoms with Gasteiger partial charge >= 0.3 is 0 Å². The van der Waals surface area contributed by atoms with Crippen LogP contribution in [0.5, 0.6) is 0 Å². The lowest BCUT2D eigenvalue weighted by atomic mass is 10.2. The zero-order chi connectivity index (χ0) is 10.2. The van der Waals surface area contributed by atoms with Gasteiger partial charge in [-0.05, 0) is 24.6 Å². The Bertz CT molecular complexity index is 416. The molecule has 0 heterocycles. The van der Waals surface area contributed by atoms with Gasteiger partial charge in [0.2, 0.25) is 0 Å². The summed E-state index contributed by atoms with van der Waals surface area (Å²) in [4.78, 5) is -0.276. The van der Waals surface area contributed by atoms with Crippen molar-refractivity contribution in [3.8, 4) is 0 Å². The van der Waals surface area contributed by atoms with E-state index in [0.29, 0.717) is 11.3 Å². The third-order valence-electron chi connectivity index (χ3n) is 1.58. The highest BCUT2D eigenvalue weighted by Crippen LogP contribution is 2.24. The molecule has 0 bridgehead atoms. The zero-order valence-corrected chi connectivity index (χ0v) is 7.80. The van der Waals surface area contributed by atoms with Gasteiger partial charge in [0, 0.05) is 5.69 Å². The first-order valence-corrected chi connectivity index (χ1v) is 4.89. The average molecular weight is 202 g/mol. The Hall–Kier alpha value is -1.27. The van der Waals surface area contributed by atoms with Crippen molar-refractivity contribution in [1.82, 2.24) is 0 Å². The maximum absolute atomic E-state index is 10.8. The topological polar surface area (TPSA) is 106 Å². The van der Waals surface area contributed by atoms with Crippen molar-refractivity contribution in [3.63, 3.8) is 0 Å². The minimum Gasteiger partial charge on any atom is -0.399 e. The van der Waals surface area contributed by atoms with Gasteiger partial charge in [-0.25, -0.2) is 0 Å². The Balaban J connectivity index is 3.57. The minimum absolute atomic E-state index is 0.0417. The maximum Gasteiger partial charge on any atom is 0.296 e. The van der Waals surface area contributed by atoms with Gasteiger partial charge in [-0.3, -0.25) is 4.55 Å². The molecule has 0 saturated heterocycles. The minimum atomic E-state index is -4.26. The maximum atomic E-state index is 10.8. The SMILES string of the molecule is Cc1cc(N)cc(N)c1S(=O)(=O)O. The highest BCUT2D eigenvalue weighted by atomic mass is 32.2. The second kappa shape index (κ2) is 2.90. The van der Waals surface area contributed by atoms with E-state index >= 15 is 0 Å². The van der Waals surface area contributed by atoms with Crippen LogP contribution < -0.4 is 11.5 Å². The molecule has 0 amide bonds. The van der Waals surface area contributed by atoms with Crippen molar-refractivity contribution in [2.75, 3.05) is 11.5 Å². The van der Waals surface area contributed by atoms with E-state index in [1.807, 2.05) is 0 Å². The standard InChI is InChI=1S/C7H10N2O3S/c1-4-2-5(8)3-6(9)7(4)13(10,11)12/h2-3H,8-9H2,1H3,(H,10,11,12). The highest BCUT2D eigenvalue weighted by Gasteiger charge is 2.17. The number of aryl methyl sites for hydroxylation is 1. The fourth-order valence-electron chi connectivity index (χ4n) is 1.18. The van der Waals surface area contributed by atoms with E-state index in [2.05, 4.69) is 0 Å². The van der Waals surface area contributed by atoms with Gasteiger partial charge in [-0.2, -0.15) is 8.42 Å². The average Bonchev–Trinajstić information content (AvgIpc) is 1.78. The van der Waals surface area contributed by atoms with Crippen molar-refractivity contribution in [2.24, 2.45) is 0 Å². The predicted octanol–water partition coefficient (Wildman–Crippen LogP) is 0.406. The van der Waals surface area contributed by atoms with Crippen LogP contribution in [0.15, 0.2) is 17.0 Å². The summed E-state index contributed by atoms with van der Waals surface area (Å²) >= 11 is 0. The van der Waals surface area contributed by atoms with Crippen LogP contribution in [0.4, 0.5) is 11.4 Å². The van der Waals surface area contributed by atoms with Gasteiger partial charge in [-0.1, -0.05) is 0 Å². The van der Waals surface area contributed by atoms with Gasteiger partial charge in [0.1, 0.15) is 4.90 Å². The van der Waals surface area contributed by atoms with Crippen LogP contribution in [0, 0.1) is 6.92 Å². The summed E-state index contributed by atoms with van der Waals surface area (Å²) in [6.45, 7) is 1.51. The molecule has 0 fully saturated rings. The van der Waals surface area contributed by atoms with Gasteiger partial charge in [0.05, 0.1) is 5.69 Å². The smallest absolute Gasteiger partial charge is 0.296 e. The number of hydrogen-bond donors (Lipinski definition) is 3. The first-order valence-electron chi connectivity index (χ1n) is 3.45. The van der Waals surface area contributed by atoms with E-state index in [0.717, 1.165) is 0 Å². The largest absolute Gasteiger partial charge is 0.399 e. The summed E-state index contributed by atoms with van der Waals surface area (Å²) in [5, 5.41) is 0. The van der Waals surface area contributed by atoms with Gasteiger partial charge in [-0.15, -0.1) is 0 Å². The Morgan fingerprint density at radius 1 is 1.31 bits per heavy atom. The first-order chi connectivity index (χ1) is 5.82. The molecule has 5 nitrogen and oxygen atoms in total. The summed E-state index contributed by atoms with van der Waals surface area (Å²) in [7, 11) is -4.26. The van der Waals surface area contributed by atoms with Crippen LogP contribution in [0.1, 0.15) is 5.56 Å². The molecule has 0 aliphatic heterocycles. The van der Waals surface area contributed by atoms with Gasteiger partial charge < -0.3 is 11.5 Å². The molecule has 5 N–H and O–H groups in total. The Morgan fingerprint density at radius 3 is 2.23 bits per heavy atom. The van der Waals surface area contributed by atoms with Crippen LogP contribution in [0.3, 0.4) is 0 Å². The molecule has 13 heavy (non-hydrogen) atoms. The molecule has 72 valence electrons. The van der Waals surface area contributed by atoms with E-state index in [9.17, 15) is 8.42 Å². The molecule has 0 atom stereocenters. The number of anilines is 2.